The summed E-state index contributed by atoms with van der Waals surface area (Å²) in [6.45, 7) is 1.82. The van der Waals surface area contributed by atoms with Gasteiger partial charge in [0.25, 0.3) is 0 Å². The van der Waals surface area contributed by atoms with Crippen LogP contribution >= 0.6 is 27.5 Å². The van der Waals surface area contributed by atoms with Gasteiger partial charge in [0.2, 0.25) is 5.24 Å². The van der Waals surface area contributed by atoms with Gasteiger partial charge in [-0.3, -0.25) is 4.79 Å². The predicted molar refractivity (Wildman–Crippen MR) is 58.3 cm³/mol. The van der Waals surface area contributed by atoms with Crippen molar-refractivity contribution in [2.75, 3.05) is 0 Å². The maximum Gasteiger partial charge on any atom is 0.228 e. The minimum atomic E-state index is -0.312. The van der Waals surface area contributed by atoms with E-state index in [-0.39, 0.29) is 11.2 Å². The summed E-state index contributed by atoms with van der Waals surface area (Å²) in [5.41, 5.74) is 2.11. The molecular formula is C10H10BrClO. The average Bonchev–Trinajstić information content (AvgIpc) is 2.16. The van der Waals surface area contributed by atoms with Crippen LogP contribution in [0.4, 0.5) is 0 Å². The summed E-state index contributed by atoms with van der Waals surface area (Å²) in [7, 11) is 0. The molecule has 0 aliphatic rings. The molecule has 1 aromatic rings. The van der Waals surface area contributed by atoms with E-state index in [9.17, 15) is 4.79 Å². The molecule has 70 valence electrons. The number of hydrogen-bond donors (Lipinski definition) is 0. The summed E-state index contributed by atoms with van der Waals surface area (Å²) in [5.74, 6) is -0.226. The predicted octanol–water partition coefficient (Wildman–Crippen LogP) is 3.45. The second kappa shape index (κ2) is 4.77. The summed E-state index contributed by atoms with van der Waals surface area (Å²) in [4.78, 5) is 11.0. The minimum absolute atomic E-state index is 0.226. The smallest absolute Gasteiger partial charge is 0.228 e. The Bertz CT molecular complexity index is 312. The monoisotopic (exact) mass is 260 g/mol. The van der Waals surface area contributed by atoms with Crippen LogP contribution < -0.4 is 0 Å². The van der Waals surface area contributed by atoms with E-state index >= 15 is 0 Å². The molecule has 0 unspecified atom stereocenters. The maximum atomic E-state index is 11.0. The van der Waals surface area contributed by atoms with E-state index < -0.39 is 0 Å². The lowest BCUT2D eigenvalue weighted by Crippen LogP contribution is -2.04. The lowest BCUT2D eigenvalue weighted by molar-refractivity contribution is -0.112. The lowest BCUT2D eigenvalue weighted by atomic mass is 9.98. The highest BCUT2D eigenvalue weighted by atomic mass is 79.9. The number of alkyl halides is 1. The Balaban J connectivity index is 3.05. The summed E-state index contributed by atoms with van der Waals surface area (Å²) in [6.07, 6.45) is 0. The van der Waals surface area contributed by atoms with Gasteiger partial charge in [0.05, 0.1) is 5.92 Å². The van der Waals surface area contributed by atoms with Gasteiger partial charge >= 0.3 is 0 Å². The summed E-state index contributed by atoms with van der Waals surface area (Å²) < 4.78 is 0. The molecule has 0 spiro atoms. The van der Waals surface area contributed by atoms with Crippen LogP contribution in [0.15, 0.2) is 24.3 Å². The van der Waals surface area contributed by atoms with Crippen LogP contribution in [-0.2, 0) is 10.1 Å². The van der Waals surface area contributed by atoms with Crippen molar-refractivity contribution < 1.29 is 4.79 Å². The first kappa shape index (κ1) is 10.7. The van der Waals surface area contributed by atoms with Crippen LogP contribution in [0.2, 0.25) is 0 Å². The van der Waals surface area contributed by atoms with E-state index in [1.165, 1.54) is 0 Å². The third-order valence-corrected chi connectivity index (χ3v) is 2.94. The summed E-state index contributed by atoms with van der Waals surface area (Å²) in [5, 5.41) is 0.436. The van der Waals surface area contributed by atoms with Crippen LogP contribution in [0.5, 0.6) is 0 Å². The average molecular weight is 262 g/mol. The zero-order valence-corrected chi connectivity index (χ0v) is 9.60. The maximum absolute atomic E-state index is 11.0. The lowest BCUT2D eigenvalue weighted by Gasteiger charge is -2.10. The molecule has 0 aromatic heterocycles. The molecule has 1 atom stereocenters. The fraction of sp³-hybridized carbons (Fsp3) is 0.300. The van der Waals surface area contributed by atoms with Crippen molar-refractivity contribution in [1.82, 2.24) is 0 Å². The van der Waals surface area contributed by atoms with Gasteiger partial charge in [-0.1, -0.05) is 47.1 Å². The zero-order chi connectivity index (χ0) is 9.84. The van der Waals surface area contributed by atoms with E-state index in [4.69, 9.17) is 11.6 Å². The second-order valence-corrected chi connectivity index (χ2v) is 3.79. The van der Waals surface area contributed by atoms with Crippen molar-refractivity contribution in [3.8, 4) is 0 Å². The standard InChI is InChI=1S/C10H10BrClO/c1-7(10(12)13)9-5-3-2-4-8(9)6-11/h2-5,7H,6H2,1H3/t7-/m1/s1. The van der Waals surface area contributed by atoms with E-state index in [0.29, 0.717) is 0 Å². The molecule has 1 rings (SSSR count). The first-order valence-electron chi connectivity index (χ1n) is 4.00. The van der Waals surface area contributed by atoms with Gasteiger partial charge in [0.15, 0.2) is 0 Å². The molecular weight excluding hydrogens is 251 g/mol. The number of carbonyl (C=O) groups excluding carboxylic acids is 1. The number of halogens is 2. The van der Waals surface area contributed by atoms with Crippen molar-refractivity contribution in [2.45, 2.75) is 18.2 Å². The second-order valence-electron chi connectivity index (χ2n) is 2.86. The molecule has 0 aliphatic heterocycles. The Hall–Kier alpha value is -0.340. The largest absolute Gasteiger partial charge is 0.281 e. The van der Waals surface area contributed by atoms with Gasteiger partial charge in [-0.15, -0.1) is 0 Å². The van der Waals surface area contributed by atoms with Crippen LogP contribution in [0, 0.1) is 0 Å². The van der Waals surface area contributed by atoms with E-state index in [2.05, 4.69) is 15.9 Å². The molecule has 0 N–H and O–H groups in total. The molecule has 0 heterocycles. The van der Waals surface area contributed by atoms with E-state index in [1.807, 2.05) is 31.2 Å². The molecule has 0 aliphatic carbocycles. The molecule has 0 bridgehead atoms. The van der Waals surface area contributed by atoms with Crippen molar-refractivity contribution in [3.05, 3.63) is 35.4 Å². The SMILES string of the molecule is C[C@@H](C(=O)Cl)c1ccccc1CBr. The van der Waals surface area contributed by atoms with Crippen molar-refractivity contribution in [3.63, 3.8) is 0 Å². The molecule has 13 heavy (non-hydrogen) atoms. The molecule has 0 amide bonds. The molecule has 0 saturated carbocycles. The molecule has 0 fully saturated rings. The van der Waals surface area contributed by atoms with Gasteiger partial charge in [0.1, 0.15) is 0 Å². The van der Waals surface area contributed by atoms with Gasteiger partial charge in [-0.2, -0.15) is 0 Å². The minimum Gasteiger partial charge on any atom is -0.281 e. The summed E-state index contributed by atoms with van der Waals surface area (Å²) >= 11 is 8.81. The Kier molecular flexibility index (Phi) is 3.94. The Morgan fingerprint density at radius 3 is 2.69 bits per heavy atom. The van der Waals surface area contributed by atoms with Crippen molar-refractivity contribution in [1.29, 1.82) is 0 Å². The van der Waals surface area contributed by atoms with Gasteiger partial charge < -0.3 is 0 Å². The van der Waals surface area contributed by atoms with Crippen LogP contribution in [0.25, 0.3) is 0 Å². The highest BCUT2D eigenvalue weighted by Crippen LogP contribution is 2.23. The molecule has 1 nitrogen and oxygen atoms in total. The fourth-order valence-corrected chi connectivity index (χ4v) is 1.83. The van der Waals surface area contributed by atoms with E-state index in [0.717, 1.165) is 16.5 Å². The van der Waals surface area contributed by atoms with Gasteiger partial charge in [0, 0.05) is 5.33 Å². The number of carbonyl (C=O) groups is 1. The van der Waals surface area contributed by atoms with Gasteiger partial charge in [-0.05, 0) is 22.7 Å². The Morgan fingerprint density at radius 2 is 2.15 bits per heavy atom. The molecule has 3 heteroatoms. The zero-order valence-electron chi connectivity index (χ0n) is 7.26. The normalized spacial score (nSPS) is 12.5. The third-order valence-electron chi connectivity index (χ3n) is 2.01. The summed E-state index contributed by atoms with van der Waals surface area (Å²) in [6, 6.07) is 7.78. The molecule has 1 aromatic carbocycles. The number of benzene rings is 1. The number of hydrogen-bond acceptors (Lipinski definition) is 1. The first-order valence-corrected chi connectivity index (χ1v) is 5.50. The van der Waals surface area contributed by atoms with E-state index in [1.54, 1.807) is 0 Å². The Morgan fingerprint density at radius 1 is 1.54 bits per heavy atom. The van der Waals surface area contributed by atoms with Crippen LogP contribution in [0.1, 0.15) is 24.0 Å². The van der Waals surface area contributed by atoms with Crippen molar-refractivity contribution >= 4 is 32.8 Å². The molecule has 0 radical (unpaired) electrons. The Labute approximate surface area is 91.2 Å². The number of rotatable bonds is 3. The third kappa shape index (κ3) is 2.55. The van der Waals surface area contributed by atoms with Crippen LogP contribution in [-0.4, -0.2) is 5.24 Å². The topological polar surface area (TPSA) is 17.1 Å². The highest BCUT2D eigenvalue weighted by Gasteiger charge is 2.14. The quantitative estimate of drug-likeness (QED) is 0.602. The van der Waals surface area contributed by atoms with Crippen molar-refractivity contribution in [2.24, 2.45) is 0 Å². The fourth-order valence-electron chi connectivity index (χ4n) is 1.20. The first-order chi connectivity index (χ1) is 6.16. The molecule has 0 saturated heterocycles. The highest BCUT2D eigenvalue weighted by molar-refractivity contribution is 9.08. The van der Waals surface area contributed by atoms with Gasteiger partial charge in [-0.25, -0.2) is 0 Å². The van der Waals surface area contributed by atoms with Crippen LogP contribution in [0.3, 0.4) is 0 Å².